The van der Waals surface area contributed by atoms with Gasteiger partial charge in [0.15, 0.2) is 0 Å². The largest absolute Gasteiger partial charge is 0.336 e. The van der Waals surface area contributed by atoms with E-state index in [0.717, 1.165) is 18.8 Å². The first-order valence-electron chi connectivity index (χ1n) is 6.70. The van der Waals surface area contributed by atoms with Crippen molar-refractivity contribution in [3.05, 3.63) is 66.0 Å². The fourth-order valence-corrected chi connectivity index (χ4v) is 1.88. The Morgan fingerprint density at radius 1 is 1.15 bits per heavy atom. The van der Waals surface area contributed by atoms with Gasteiger partial charge in [0.2, 0.25) is 0 Å². The molecule has 2 amide bonds. The van der Waals surface area contributed by atoms with E-state index in [2.05, 4.69) is 29.4 Å². The molecule has 0 bridgehead atoms. The quantitative estimate of drug-likeness (QED) is 0.911. The molecule has 3 rings (SSSR count). The predicted octanol–water partition coefficient (Wildman–Crippen LogP) is 2.60. The molecular formula is C16H19N3O. The van der Waals surface area contributed by atoms with Crippen molar-refractivity contribution in [2.45, 2.75) is 13.5 Å². The van der Waals surface area contributed by atoms with Gasteiger partial charge in [-0.2, -0.15) is 0 Å². The average molecular weight is 269 g/mol. The van der Waals surface area contributed by atoms with Gasteiger partial charge < -0.3 is 10.2 Å². The highest BCUT2D eigenvalue weighted by atomic mass is 16.2. The molecule has 2 heterocycles. The summed E-state index contributed by atoms with van der Waals surface area (Å²) < 4.78 is 0. The first-order valence-corrected chi connectivity index (χ1v) is 6.70. The minimum absolute atomic E-state index is 0.00523. The van der Waals surface area contributed by atoms with Crippen LogP contribution in [0.15, 0.2) is 54.7 Å². The molecule has 0 saturated carbocycles. The van der Waals surface area contributed by atoms with Gasteiger partial charge in [-0.3, -0.25) is 4.98 Å². The molecule has 0 spiro atoms. The van der Waals surface area contributed by atoms with Crippen LogP contribution in [0.3, 0.4) is 0 Å². The van der Waals surface area contributed by atoms with Gasteiger partial charge in [0.05, 0.1) is 12.2 Å². The second-order valence-electron chi connectivity index (χ2n) is 4.63. The van der Waals surface area contributed by atoms with Crippen LogP contribution in [0.2, 0.25) is 0 Å². The minimum Gasteiger partial charge on any atom is -0.336 e. The smallest absolute Gasteiger partial charge is 0.317 e. The number of benzene rings is 1. The van der Waals surface area contributed by atoms with Gasteiger partial charge in [-0.15, -0.1) is 0 Å². The van der Waals surface area contributed by atoms with Crippen LogP contribution >= 0.6 is 0 Å². The van der Waals surface area contributed by atoms with Gasteiger partial charge in [0.1, 0.15) is 0 Å². The second-order valence-corrected chi connectivity index (χ2v) is 4.63. The molecule has 1 saturated heterocycles. The SMILES string of the molecule is Cc1ccccc1.O=C1NCCN1Cc1ccccn1. The van der Waals surface area contributed by atoms with E-state index in [0.29, 0.717) is 6.54 Å². The number of amides is 2. The van der Waals surface area contributed by atoms with Gasteiger partial charge in [-0.05, 0) is 19.1 Å². The molecule has 1 aromatic carbocycles. The van der Waals surface area contributed by atoms with Crippen LogP contribution in [0, 0.1) is 6.92 Å². The van der Waals surface area contributed by atoms with Crippen LogP contribution in [0.5, 0.6) is 0 Å². The van der Waals surface area contributed by atoms with Crippen LogP contribution in [0.1, 0.15) is 11.3 Å². The summed E-state index contributed by atoms with van der Waals surface area (Å²) in [5, 5.41) is 2.75. The van der Waals surface area contributed by atoms with Gasteiger partial charge in [0, 0.05) is 19.3 Å². The molecule has 2 aromatic rings. The number of urea groups is 1. The zero-order valence-electron chi connectivity index (χ0n) is 11.6. The van der Waals surface area contributed by atoms with Crippen LogP contribution in [0.25, 0.3) is 0 Å². The molecule has 1 aliphatic rings. The Hall–Kier alpha value is -2.36. The Morgan fingerprint density at radius 2 is 1.90 bits per heavy atom. The number of hydrogen-bond donors (Lipinski definition) is 1. The van der Waals surface area contributed by atoms with E-state index < -0.39 is 0 Å². The third kappa shape index (κ3) is 4.39. The molecule has 1 fully saturated rings. The Morgan fingerprint density at radius 3 is 2.40 bits per heavy atom. The van der Waals surface area contributed by atoms with E-state index in [1.807, 2.05) is 36.4 Å². The molecule has 0 aliphatic carbocycles. The van der Waals surface area contributed by atoms with E-state index >= 15 is 0 Å². The fourth-order valence-electron chi connectivity index (χ4n) is 1.88. The van der Waals surface area contributed by atoms with Crippen molar-refractivity contribution < 1.29 is 4.79 Å². The summed E-state index contributed by atoms with van der Waals surface area (Å²) in [5.41, 5.74) is 2.25. The number of hydrogen-bond acceptors (Lipinski definition) is 2. The van der Waals surface area contributed by atoms with E-state index in [-0.39, 0.29) is 6.03 Å². The Kier molecular flexibility index (Phi) is 5.12. The second kappa shape index (κ2) is 7.28. The topological polar surface area (TPSA) is 45.2 Å². The lowest BCUT2D eigenvalue weighted by Crippen LogP contribution is -2.27. The van der Waals surface area contributed by atoms with Gasteiger partial charge in [-0.25, -0.2) is 4.79 Å². The maximum atomic E-state index is 11.2. The number of aryl methyl sites for hydroxylation is 1. The normalized spacial score (nSPS) is 13.4. The number of rotatable bonds is 2. The Labute approximate surface area is 119 Å². The predicted molar refractivity (Wildman–Crippen MR) is 79.2 cm³/mol. The Bertz CT molecular complexity index is 528. The fraction of sp³-hybridized carbons (Fsp3) is 0.250. The highest BCUT2D eigenvalue weighted by Gasteiger charge is 2.19. The summed E-state index contributed by atoms with van der Waals surface area (Å²) in [6.07, 6.45) is 1.74. The number of carbonyl (C=O) groups excluding carboxylic acids is 1. The van der Waals surface area contributed by atoms with E-state index in [1.165, 1.54) is 5.56 Å². The molecule has 0 atom stereocenters. The van der Waals surface area contributed by atoms with Crippen molar-refractivity contribution >= 4 is 6.03 Å². The molecular weight excluding hydrogens is 250 g/mol. The van der Waals surface area contributed by atoms with Crippen molar-refractivity contribution in [1.82, 2.24) is 15.2 Å². The maximum Gasteiger partial charge on any atom is 0.317 e. The first kappa shape index (κ1) is 14.1. The van der Waals surface area contributed by atoms with Gasteiger partial charge in [0.25, 0.3) is 0 Å². The highest BCUT2D eigenvalue weighted by Crippen LogP contribution is 2.03. The standard InChI is InChI=1S/C9H11N3O.C7H8/c13-9-11-5-6-12(9)7-8-3-1-2-4-10-8;1-7-5-3-2-4-6-7/h1-4H,5-7H2,(H,11,13);2-6H,1H3. The van der Waals surface area contributed by atoms with Gasteiger partial charge in [-0.1, -0.05) is 42.0 Å². The molecule has 4 heteroatoms. The first-order chi connectivity index (χ1) is 9.75. The lowest BCUT2D eigenvalue weighted by molar-refractivity contribution is 0.215. The van der Waals surface area contributed by atoms with Crippen molar-refractivity contribution in [3.8, 4) is 0 Å². The molecule has 1 aliphatic heterocycles. The molecule has 0 unspecified atom stereocenters. The lowest BCUT2D eigenvalue weighted by Gasteiger charge is -2.12. The molecule has 4 nitrogen and oxygen atoms in total. The lowest BCUT2D eigenvalue weighted by atomic mass is 10.2. The minimum atomic E-state index is 0.00523. The molecule has 20 heavy (non-hydrogen) atoms. The summed E-state index contributed by atoms with van der Waals surface area (Å²) >= 11 is 0. The van der Waals surface area contributed by atoms with E-state index in [4.69, 9.17) is 0 Å². The van der Waals surface area contributed by atoms with Crippen molar-refractivity contribution in [2.75, 3.05) is 13.1 Å². The van der Waals surface area contributed by atoms with E-state index in [9.17, 15) is 4.79 Å². The number of nitrogens with one attached hydrogen (secondary N) is 1. The monoisotopic (exact) mass is 269 g/mol. The molecule has 1 aromatic heterocycles. The molecule has 1 N–H and O–H groups in total. The number of pyridine rings is 1. The summed E-state index contributed by atoms with van der Waals surface area (Å²) in [7, 11) is 0. The third-order valence-electron chi connectivity index (χ3n) is 2.96. The number of nitrogens with zero attached hydrogens (tertiary/aromatic N) is 2. The highest BCUT2D eigenvalue weighted by molar-refractivity contribution is 5.76. The summed E-state index contributed by atoms with van der Waals surface area (Å²) in [4.78, 5) is 17.1. The summed E-state index contributed by atoms with van der Waals surface area (Å²) in [5.74, 6) is 0. The third-order valence-corrected chi connectivity index (χ3v) is 2.96. The zero-order chi connectivity index (χ0) is 14.2. The number of carbonyl (C=O) groups is 1. The van der Waals surface area contributed by atoms with Crippen LogP contribution in [-0.4, -0.2) is 29.0 Å². The Balaban J connectivity index is 0.000000178. The number of aromatic nitrogens is 1. The van der Waals surface area contributed by atoms with Crippen molar-refractivity contribution in [2.24, 2.45) is 0 Å². The van der Waals surface area contributed by atoms with Crippen molar-refractivity contribution in [3.63, 3.8) is 0 Å². The molecule has 104 valence electrons. The zero-order valence-corrected chi connectivity index (χ0v) is 11.6. The van der Waals surface area contributed by atoms with E-state index in [1.54, 1.807) is 11.1 Å². The van der Waals surface area contributed by atoms with Crippen LogP contribution < -0.4 is 5.32 Å². The van der Waals surface area contributed by atoms with Crippen LogP contribution in [0.4, 0.5) is 4.79 Å². The summed E-state index contributed by atoms with van der Waals surface area (Å²) in [6.45, 7) is 4.20. The maximum absolute atomic E-state index is 11.2. The van der Waals surface area contributed by atoms with Gasteiger partial charge >= 0.3 is 6.03 Å². The summed E-state index contributed by atoms with van der Waals surface area (Å²) in [6, 6.07) is 16.0. The van der Waals surface area contributed by atoms with Crippen LogP contribution in [-0.2, 0) is 6.54 Å². The average Bonchev–Trinajstić information content (AvgIpc) is 2.87. The van der Waals surface area contributed by atoms with Crippen molar-refractivity contribution in [1.29, 1.82) is 0 Å². The molecule has 0 radical (unpaired) electrons.